The van der Waals surface area contributed by atoms with Crippen LogP contribution < -0.4 is 5.32 Å². The lowest BCUT2D eigenvalue weighted by atomic mass is 10.2. The molecule has 0 aliphatic carbocycles. The molecule has 0 spiro atoms. The van der Waals surface area contributed by atoms with Gasteiger partial charge in [0, 0.05) is 18.2 Å². The molecule has 1 N–H and O–H groups in total. The van der Waals surface area contributed by atoms with Gasteiger partial charge < -0.3 is 5.32 Å². The Labute approximate surface area is 93.3 Å². The van der Waals surface area contributed by atoms with Crippen molar-refractivity contribution in [1.29, 1.82) is 0 Å². The maximum atomic E-state index is 11.5. The van der Waals surface area contributed by atoms with Crippen LogP contribution in [0.1, 0.15) is 24.2 Å². The second-order valence-corrected chi connectivity index (χ2v) is 4.22. The van der Waals surface area contributed by atoms with Crippen molar-refractivity contribution in [2.75, 3.05) is 11.1 Å². The fraction of sp³-hybridized carbons (Fsp3) is 0.273. The first-order valence-electron chi connectivity index (χ1n) is 4.68. The molecule has 1 amide bonds. The van der Waals surface area contributed by atoms with Crippen LogP contribution in [0.4, 0.5) is 5.69 Å². The van der Waals surface area contributed by atoms with E-state index in [9.17, 15) is 9.59 Å². The van der Waals surface area contributed by atoms with Crippen LogP contribution in [0.5, 0.6) is 0 Å². The first-order valence-corrected chi connectivity index (χ1v) is 5.67. The van der Waals surface area contributed by atoms with Crippen molar-refractivity contribution < 1.29 is 9.59 Å². The summed E-state index contributed by atoms with van der Waals surface area (Å²) in [5, 5.41) is 2.71. The summed E-state index contributed by atoms with van der Waals surface area (Å²) in [4.78, 5) is 22.2. The van der Waals surface area contributed by atoms with Gasteiger partial charge in [0.25, 0.3) is 0 Å². The molecule has 0 bridgehead atoms. The average molecular weight is 223 g/mol. The molecule has 1 rings (SSSR count). The van der Waals surface area contributed by atoms with Gasteiger partial charge >= 0.3 is 0 Å². The first-order chi connectivity index (χ1) is 7.13. The van der Waals surface area contributed by atoms with Crippen molar-refractivity contribution in [3.63, 3.8) is 0 Å². The summed E-state index contributed by atoms with van der Waals surface area (Å²) in [5.41, 5.74) is 1.37. The lowest BCUT2D eigenvalue weighted by molar-refractivity contribution is -0.114. The normalized spacial score (nSPS) is 9.73. The quantitative estimate of drug-likeness (QED) is 0.856. The smallest absolute Gasteiger partial charge is 0.221 e. The molecular weight excluding hydrogens is 210 g/mol. The number of rotatable bonds is 3. The van der Waals surface area contributed by atoms with Gasteiger partial charge in [0.1, 0.15) is 0 Å². The summed E-state index contributed by atoms with van der Waals surface area (Å²) in [6.07, 6.45) is 0. The number of carbonyl (C=O) groups excluding carboxylic acids is 2. The van der Waals surface area contributed by atoms with Crippen molar-refractivity contribution in [2.45, 2.75) is 13.8 Å². The van der Waals surface area contributed by atoms with Crippen LogP contribution in [0, 0.1) is 0 Å². The molecule has 0 heterocycles. The number of nitrogens with one attached hydrogen (secondary N) is 1. The number of carbonyl (C=O) groups is 2. The van der Waals surface area contributed by atoms with E-state index in [1.54, 1.807) is 24.3 Å². The van der Waals surface area contributed by atoms with Crippen LogP contribution in [0.25, 0.3) is 0 Å². The highest BCUT2D eigenvalue weighted by molar-refractivity contribution is 8.14. The minimum Gasteiger partial charge on any atom is -0.326 e. The summed E-state index contributed by atoms with van der Waals surface area (Å²) < 4.78 is 0. The van der Waals surface area contributed by atoms with Crippen molar-refractivity contribution in [3.05, 3.63) is 29.8 Å². The van der Waals surface area contributed by atoms with E-state index in [1.165, 1.54) is 18.7 Å². The van der Waals surface area contributed by atoms with Crippen molar-refractivity contribution in [2.24, 2.45) is 0 Å². The second-order valence-electron chi connectivity index (χ2n) is 2.98. The van der Waals surface area contributed by atoms with Gasteiger partial charge in [0.05, 0.1) is 0 Å². The van der Waals surface area contributed by atoms with Crippen LogP contribution in [-0.2, 0) is 4.79 Å². The predicted molar refractivity (Wildman–Crippen MR) is 63.2 cm³/mol. The van der Waals surface area contributed by atoms with Gasteiger partial charge in [-0.3, -0.25) is 9.59 Å². The van der Waals surface area contributed by atoms with E-state index in [1.807, 2.05) is 6.92 Å². The van der Waals surface area contributed by atoms with Gasteiger partial charge in [-0.2, -0.15) is 0 Å². The number of benzene rings is 1. The Hall–Kier alpha value is -1.29. The van der Waals surface area contributed by atoms with Gasteiger partial charge in [-0.25, -0.2) is 0 Å². The predicted octanol–water partition coefficient (Wildman–Crippen LogP) is 2.54. The standard InChI is InChI=1S/C11H13NO2S/c1-3-15-11(14)9-4-6-10(7-5-9)12-8(2)13/h4-7H,3H2,1-2H3,(H,12,13). The lowest BCUT2D eigenvalue weighted by Crippen LogP contribution is -2.05. The van der Waals surface area contributed by atoms with Crippen LogP contribution >= 0.6 is 11.8 Å². The number of hydrogen-bond donors (Lipinski definition) is 1. The Kier molecular flexibility index (Phi) is 4.37. The Balaban J connectivity index is 2.71. The Morgan fingerprint density at radius 3 is 2.33 bits per heavy atom. The third kappa shape index (κ3) is 3.75. The van der Waals surface area contributed by atoms with Crippen molar-refractivity contribution in [3.8, 4) is 0 Å². The fourth-order valence-corrected chi connectivity index (χ4v) is 1.67. The van der Waals surface area contributed by atoms with E-state index < -0.39 is 0 Å². The molecule has 0 radical (unpaired) electrons. The molecule has 0 aromatic heterocycles. The summed E-state index contributed by atoms with van der Waals surface area (Å²) in [6, 6.07) is 6.89. The monoisotopic (exact) mass is 223 g/mol. The third-order valence-electron chi connectivity index (χ3n) is 1.72. The molecule has 0 atom stereocenters. The number of thioether (sulfide) groups is 1. The zero-order valence-corrected chi connectivity index (χ0v) is 9.56. The highest BCUT2D eigenvalue weighted by Crippen LogP contribution is 2.15. The number of amides is 1. The van der Waals surface area contributed by atoms with Gasteiger partial charge in [0.15, 0.2) is 0 Å². The molecule has 0 aliphatic rings. The topological polar surface area (TPSA) is 46.2 Å². The zero-order chi connectivity index (χ0) is 11.3. The summed E-state index contributed by atoms with van der Waals surface area (Å²) in [5.74, 6) is 0.656. The van der Waals surface area contributed by atoms with E-state index >= 15 is 0 Å². The Bertz CT molecular complexity index is 359. The SMILES string of the molecule is CCSC(=O)c1ccc(NC(C)=O)cc1. The maximum Gasteiger partial charge on any atom is 0.221 e. The van der Waals surface area contributed by atoms with Crippen molar-refractivity contribution in [1.82, 2.24) is 0 Å². The van der Waals surface area contributed by atoms with Crippen LogP contribution in [0.3, 0.4) is 0 Å². The van der Waals surface area contributed by atoms with E-state index in [0.29, 0.717) is 11.3 Å². The van der Waals surface area contributed by atoms with Gasteiger partial charge in [-0.15, -0.1) is 0 Å². The number of hydrogen-bond acceptors (Lipinski definition) is 3. The van der Waals surface area contributed by atoms with E-state index in [-0.39, 0.29) is 11.0 Å². The molecule has 0 aliphatic heterocycles. The molecule has 0 unspecified atom stereocenters. The third-order valence-corrected chi connectivity index (χ3v) is 2.50. The molecule has 15 heavy (non-hydrogen) atoms. The van der Waals surface area contributed by atoms with Crippen molar-refractivity contribution >= 4 is 28.5 Å². The van der Waals surface area contributed by atoms with Gasteiger partial charge in [-0.05, 0) is 30.0 Å². The minimum absolute atomic E-state index is 0.0619. The molecule has 0 saturated heterocycles. The maximum absolute atomic E-state index is 11.5. The van der Waals surface area contributed by atoms with Gasteiger partial charge in [-0.1, -0.05) is 18.7 Å². The summed E-state index contributed by atoms with van der Waals surface area (Å²) in [7, 11) is 0. The molecule has 1 aromatic carbocycles. The Morgan fingerprint density at radius 1 is 1.27 bits per heavy atom. The molecule has 3 nitrogen and oxygen atoms in total. The van der Waals surface area contributed by atoms with E-state index in [4.69, 9.17) is 0 Å². The largest absolute Gasteiger partial charge is 0.326 e. The summed E-state index contributed by atoms with van der Waals surface area (Å²) >= 11 is 1.28. The van der Waals surface area contributed by atoms with Crippen LogP contribution in [0.15, 0.2) is 24.3 Å². The molecule has 80 valence electrons. The first kappa shape index (κ1) is 11.8. The second kappa shape index (κ2) is 5.56. The zero-order valence-electron chi connectivity index (χ0n) is 8.74. The highest BCUT2D eigenvalue weighted by Gasteiger charge is 2.04. The Morgan fingerprint density at radius 2 is 1.87 bits per heavy atom. The van der Waals surface area contributed by atoms with E-state index in [0.717, 1.165) is 5.75 Å². The van der Waals surface area contributed by atoms with E-state index in [2.05, 4.69) is 5.32 Å². The molecular formula is C11H13NO2S. The van der Waals surface area contributed by atoms with Gasteiger partial charge in [0.2, 0.25) is 11.0 Å². The molecule has 1 aromatic rings. The van der Waals surface area contributed by atoms with Crippen LogP contribution in [0.2, 0.25) is 0 Å². The lowest BCUT2D eigenvalue weighted by Gasteiger charge is -2.03. The fourth-order valence-electron chi connectivity index (χ4n) is 1.11. The molecule has 4 heteroatoms. The van der Waals surface area contributed by atoms with Crippen LogP contribution in [-0.4, -0.2) is 16.8 Å². The minimum atomic E-state index is -0.114. The molecule has 0 fully saturated rings. The average Bonchev–Trinajstić information content (AvgIpc) is 2.18. The highest BCUT2D eigenvalue weighted by atomic mass is 32.2. The number of anilines is 1. The molecule has 0 saturated carbocycles. The summed E-state index contributed by atoms with van der Waals surface area (Å²) in [6.45, 7) is 3.39.